The highest BCUT2D eigenvalue weighted by Gasteiger charge is 2.45. The lowest BCUT2D eigenvalue weighted by Gasteiger charge is -2.30. The molecular formula is C22H30N4O5. The Kier molecular flexibility index (Phi) is 8.19. The molecule has 1 aromatic heterocycles. The fourth-order valence-electron chi connectivity index (χ4n) is 3.75. The van der Waals surface area contributed by atoms with Gasteiger partial charge in [-0.25, -0.2) is 4.79 Å². The van der Waals surface area contributed by atoms with E-state index in [2.05, 4.69) is 15.6 Å². The summed E-state index contributed by atoms with van der Waals surface area (Å²) in [5.74, 6) is 0.639. The van der Waals surface area contributed by atoms with Crippen molar-refractivity contribution >= 4 is 11.7 Å². The van der Waals surface area contributed by atoms with Crippen LogP contribution in [0.1, 0.15) is 5.69 Å². The number of anilines is 1. The Bertz CT molecular complexity index is 838. The summed E-state index contributed by atoms with van der Waals surface area (Å²) in [5, 5.41) is 25.8. The van der Waals surface area contributed by atoms with E-state index in [4.69, 9.17) is 9.47 Å². The van der Waals surface area contributed by atoms with Crippen LogP contribution in [0.5, 0.6) is 5.75 Å². The van der Waals surface area contributed by atoms with Gasteiger partial charge in [0, 0.05) is 43.2 Å². The monoisotopic (exact) mass is 430 g/mol. The number of nitrogens with one attached hydrogen (secondary N) is 2. The van der Waals surface area contributed by atoms with Gasteiger partial charge in [-0.1, -0.05) is 12.1 Å². The van der Waals surface area contributed by atoms with Crippen molar-refractivity contribution in [3.8, 4) is 5.75 Å². The number of amides is 2. The third kappa shape index (κ3) is 6.14. The van der Waals surface area contributed by atoms with Gasteiger partial charge in [-0.2, -0.15) is 0 Å². The maximum atomic E-state index is 12.3. The number of carbonyl (C=O) groups is 1. The molecule has 1 fully saturated rings. The molecule has 0 spiro atoms. The molecule has 4 atom stereocenters. The fraction of sp³-hybridized carbons (Fsp3) is 0.455. The van der Waals surface area contributed by atoms with E-state index >= 15 is 0 Å². The Balaban J connectivity index is 1.57. The molecule has 31 heavy (non-hydrogen) atoms. The minimum Gasteiger partial charge on any atom is -0.497 e. The normalized spacial score (nSPS) is 23.0. The van der Waals surface area contributed by atoms with Crippen LogP contribution < -0.4 is 15.4 Å². The zero-order valence-corrected chi connectivity index (χ0v) is 17.8. The number of likely N-dealkylation sites (N-methyl/N-ethyl adjacent to an activating group) is 1. The van der Waals surface area contributed by atoms with Gasteiger partial charge in [0.15, 0.2) is 0 Å². The van der Waals surface area contributed by atoms with Gasteiger partial charge in [-0.15, -0.1) is 0 Å². The third-order valence-electron chi connectivity index (χ3n) is 5.39. The van der Waals surface area contributed by atoms with Crippen molar-refractivity contribution in [3.05, 3.63) is 54.4 Å². The second kappa shape index (κ2) is 11.1. The van der Waals surface area contributed by atoms with Gasteiger partial charge in [0.05, 0.1) is 25.9 Å². The predicted octanol–water partition coefficient (Wildman–Crippen LogP) is 0.875. The first-order valence-electron chi connectivity index (χ1n) is 10.2. The third-order valence-corrected chi connectivity index (χ3v) is 5.39. The number of ether oxygens (including phenoxy) is 2. The summed E-state index contributed by atoms with van der Waals surface area (Å²) >= 11 is 0. The Morgan fingerprint density at radius 3 is 2.81 bits per heavy atom. The van der Waals surface area contributed by atoms with Gasteiger partial charge in [0.1, 0.15) is 18.0 Å². The Morgan fingerprint density at radius 1 is 1.26 bits per heavy atom. The molecule has 0 bridgehead atoms. The van der Waals surface area contributed by atoms with Gasteiger partial charge in [0.25, 0.3) is 0 Å². The van der Waals surface area contributed by atoms with Crippen molar-refractivity contribution in [1.82, 2.24) is 15.2 Å². The number of carbonyl (C=O) groups excluding carboxylic acids is 1. The molecule has 168 valence electrons. The van der Waals surface area contributed by atoms with Crippen LogP contribution in [0.4, 0.5) is 10.5 Å². The number of benzene rings is 1. The molecule has 9 heteroatoms. The van der Waals surface area contributed by atoms with Crippen molar-refractivity contribution in [3.63, 3.8) is 0 Å². The average Bonchev–Trinajstić information content (AvgIpc) is 3.12. The minimum absolute atomic E-state index is 0.182. The molecular weight excluding hydrogens is 400 g/mol. The van der Waals surface area contributed by atoms with Crippen LogP contribution >= 0.6 is 0 Å². The Labute approximate surface area is 182 Å². The summed E-state index contributed by atoms with van der Waals surface area (Å²) in [4.78, 5) is 18.6. The van der Waals surface area contributed by atoms with Crippen LogP contribution in [0.15, 0.2) is 48.7 Å². The topological polar surface area (TPSA) is 116 Å². The van der Waals surface area contributed by atoms with Crippen molar-refractivity contribution < 1.29 is 24.5 Å². The van der Waals surface area contributed by atoms with Gasteiger partial charge in [0.2, 0.25) is 0 Å². The number of urea groups is 1. The maximum absolute atomic E-state index is 12.3. The number of hydrogen-bond donors (Lipinski definition) is 4. The SMILES string of the molecule is COc1cccc(NC(=O)NCC2OC(CO)C(O)C2N(C)CCc2ccccn2)c1. The van der Waals surface area contributed by atoms with E-state index in [9.17, 15) is 15.0 Å². The average molecular weight is 431 g/mol. The smallest absolute Gasteiger partial charge is 0.319 e. The van der Waals surface area contributed by atoms with Gasteiger partial charge < -0.3 is 30.3 Å². The van der Waals surface area contributed by atoms with Crippen molar-refractivity contribution in [2.45, 2.75) is 30.8 Å². The van der Waals surface area contributed by atoms with Crippen LogP contribution in [-0.2, 0) is 11.2 Å². The van der Waals surface area contributed by atoms with Crippen molar-refractivity contribution in [2.24, 2.45) is 0 Å². The number of nitrogens with zero attached hydrogens (tertiary/aromatic N) is 2. The van der Waals surface area contributed by atoms with Crippen LogP contribution in [0.3, 0.4) is 0 Å². The summed E-state index contributed by atoms with van der Waals surface area (Å²) in [6.45, 7) is 0.535. The van der Waals surface area contributed by atoms with E-state index in [1.54, 1.807) is 37.6 Å². The highest BCUT2D eigenvalue weighted by Crippen LogP contribution is 2.25. The van der Waals surface area contributed by atoms with E-state index in [1.807, 2.05) is 30.1 Å². The lowest BCUT2D eigenvalue weighted by atomic mass is 10.0. The summed E-state index contributed by atoms with van der Waals surface area (Å²) < 4.78 is 11.0. The lowest BCUT2D eigenvalue weighted by Crippen LogP contribution is -2.50. The first kappa shape index (κ1) is 23.0. The molecule has 3 rings (SSSR count). The first-order valence-corrected chi connectivity index (χ1v) is 10.2. The van der Waals surface area contributed by atoms with Crippen LogP contribution in [-0.4, -0.2) is 84.3 Å². The van der Waals surface area contributed by atoms with Crippen LogP contribution in [0, 0.1) is 0 Å². The van der Waals surface area contributed by atoms with E-state index < -0.39 is 24.3 Å². The highest BCUT2D eigenvalue weighted by atomic mass is 16.5. The van der Waals surface area contributed by atoms with Gasteiger partial charge in [-0.05, 0) is 31.3 Å². The standard InChI is InChI=1S/C22H30N4O5/c1-26(11-9-15-6-3-4-10-23-15)20-18(31-19(14-27)21(20)28)13-24-22(29)25-16-7-5-8-17(12-16)30-2/h3-8,10,12,18-21,27-28H,9,11,13-14H2,1-2H3,(H2,24,25,29). The summed E-state index contributed by atoms with van der Waals surface area (Å²) in [5.41, 5.74) is 1.55. The molecule has 0 radical (unpaired) electrons. The molecule has 0 saturated carbocycles. The molecule has 2 aromatic rings. The largest absolute Gasteiger partial charge is 0.497 e. The summed E-state index contributed by atoms with van der Waals surface area (Å²) in [7, 11) is 3.45. The molecule has 4 unspecified atom stereocenters. The number of rotatable bonds is 9. The van der Waals surface area contributed by atoms with Gasteiger partial charge >= 0.3 is 6.03 Å². The summed E-state index contributed by atoms with van der Waals surface area (Å²) in [6.07, 6.45) is 0.415. The number of aromatic nitrogens is 1. The second-order valence-electron chi connectivity index (χ2n) is 7.50. The fourth-order valence-corrected chi connectivity index (χ4v) is 3.75. The number of aliphatic hydroxyl groups is 2. The Hall–Kier alpha value is -2.72. The number of methoxy groups -OCH3 is 1. The van der Waals surface area contributed by atoms with Crippen molar-refractivity contribution in [2.75, 3.05) is 39.2 Å². The predicted molar refractivity (Wildman–Crippen MR) is 116 cm³/mol. The molecule has 2 amide bonds. The molecule has 1 aromatic carbocycles. The highest BCUT2D eigenvalue weighted by molar-refractivity contribution is 5.89. The van der Waals surface area contributed by atoms with Crippen LogP contribution in [0.25, 0.3) is 0 Å². The quantitative estimate of drug-likeness (QED) is 0.467. The molecule has 2 heterocycles. The zero-order chi connectivity index (χ0) is 22.2. The molecule has 0 aliphatic carbocycles. The first-order chi connectivity index (χ1) is 15.0. The molecule has 1 aliphatic heterocycles. The molecule has 9 nitrogen and oxygen atoms in total. The van der Waals surface area contributed by atoms with E-state index in [-0.39, 0.29) is 19.2 Å². The van der Waals surface area contributed by atoms with E-state index in [1.165, 1.54) is 0 Å². The minimum atomic E-state index is -0.869. The summed E-state index contributed by atoms with van der Waals surface area (Å²) in [6, 6.07) is 12.0. The maximum Gasteiger partial charge on any atom is 0.319 e. The Morgan fingerprint density at radius 2 is 2.10 bits per heavy atom. The zero-order valence-electron chi connectivity index (χ0n) is 17.8. The molecule has 1 saturated heterocycles. The van der Waals surface area contributed by atoms with E-state index in [0.717, 1.165) is 5.69 Å². The number of pyridine rings is 1. The number of aliphatic hydroxyl groups excluding tert-OH is 2. The van der Waals surface area contributed by atoms with Crippen molar-refractivity contribution in [1.29, 1.82) is 0 Å². The molecule has 4 N–H and O–H groups in total. The second-order valence-corrected chi connectivity index (χ2v) is 7.50. The van der Waals surface area contributed by atoms with Crippen LogP contribution in [0.2, 0.25) is 0 Å². The lowest BCUT2D eigenvalue weighted by molar-refractivity contribution is -0.0205. The van der Waals surface area contributed by atoms with Gasteiger partial charge in [-0.3, -0.25) is 9.88 Å². The molecule has 1 aliphatic rings. The van der Waals surface area contributed by atoms with E-state index in [0.29, 0.717) is 24.4 Å². The number of hydrogen-bond acceptors (Lipinski definition) is 7.